The number of halogens is 3. The Morgan fingerprint density at radius 1 is 1.20 bits per heavy atom. The zero-order valence-electron chi connectivity index (χ0n) is 24.1. The van der Waals surface area contributed by atoms with Crippen LogP contribution in [0.3, 0.4) is 0 Å². The molecule has 0 aliphatic carbocycles. The SMILES string of the molecule is CCc1cc(Nc2nccn3c(-c4c[nH]nc4C(F)(F)F)cnc23)ccc1C(=O)NCCCNC(=O)[C@@H]1C[C@@H](O)CN1.O=CO. The molecule has 0 unspecified atom stereocenters. The monoisotopic (exact) mass is 631 g/mol. The van der Waals surface area contributed by atoms with Gasteiger partial charge in [0.1, 0.15) is 0 Å². The number of rotatable bonds is 10. The topological polar surface area (TPSA) is 199 Å². The van der Waals surface area contributed by atoms with Crippen molar-refractivity contribution in [1.29, 1.82) is 0 Å². The predicted octanol–water partition coefficient (Wildman–Crippen LogP) is 2.10. The van der Waals surface area contributed by atoms with Gasteiger partial charge in [-0.3, -0.25) is 23.9 Å². The molecule has 17 heteroatoms. The van der Waals surface area contributed by atoms with Crippen LogP contribution in [0.25, 0.3) is 16.9 Å². The van der Waals surface area contributed by atoms with Gasteiger partial charge in [0.2, 0.25) is 5.91 Å². The molecule has 14 nitrogen and oxygen atoms in total. The Kier molecular flexibility index (Phi) is 10.7. The summed E-state index contributed by atoms with van der Waals surface area (Å²) in [6.45, 7) is 2.83. The minimum absolute atomic E-state index is 0.135. The lowest BCUT2D eigenvalue weighted by Gasteiger charge is -2.13. The highest BCUT2D eigenvalue weighted by molar-refractivity contribution is 5.96. The van der Waals surface area contributed by atoms with Gasteiger partial charge < -0.3 is 31.5 Å². The van der Waals surface area contributed by atoms with Crippen LogP contribution in [0.4, 0.5) is 24.7 Å². The van der Waals surface area contributed by atoms with Crippen LogP contribution in [0.2, 0.25) is 0 Å². The molecule has 5 rings (SSSR count). The summed E-state index contributed by atoms with van der Waals surface area (Å²) < 4.78 is 41.7. The summed E-state index contributed by atoms with van der Waals surface area (Å²) in [5.41, 5.74) is 1.25. The Balaban J connectivity index is 0.00000148. The van der Waals surface area contributed by atoms with E-state index < -0.39 is 24.0 Å². The number of nitrogens with one attached hydrogen (secondary N) is 5. The van der Waals surface area contributed by atoms with Crippen molar-refractivity contribution in [2.45, 2.75) is 44.5 Å². The predicted molar refractivity (Wildman–Crippen MR) is 156 cm³/mol. The molecule has 3 aromatic heterocycles. The van der Waals surface area contributed by atoms with E-state index >= 15 is 0 Å². The number of alkyl halides is 3. The number of hydrogen-bond donors (Lipinski definition) is 7. The van der Waals surface area contributed by atoms with E-state index in [4.69, 9.17) is 9.90 Å². The molecule has 0 spiro atoms. The molecule has 45 heavy (non-hydrogen) atoms. The maximum Gasteiger partial charge on any atom is 0.435 e. The quantitative estimate of drug-likeness (QED) is 0.100. The zero-order valence-corrected chi connectivity index (χ0v) is 24.1. The molecule has 1 aromatic carbocycles. The number of aliphatic hydroxyl groups is 1. The van der Waals surface area contributed by atoms with Crippen molar-refractivity contribution in [3.63, 3.8) is 0 Å². The standard InChI is InChI=1S/C27H30F3N9O3.CH2O2/c1-2-15-10-16(4-5-18(15)25(41)32-6-3-7-33-26(42)20-11-17(40)12-34-20)37-23-24-35-14-21(39(24)9-8-31-23)19-13-36-38-22(19)27(28,29)30;2-1-3/h4-5,8-10,13-14,17,20,34,40H,2-3,6-7,11-12H2,1H3,(H,31,37)(H,32,41)(H,33,42)(H,36,38);1H,(H,2,3)/t17-,20+;/m1./s1. The van der Waals surface area contributed by atoms with Crippen molar-refractivity contribution in [3.05, 3.63) is 59.8 Å². The molecule has 1 aliphatic rings. The summed E-state index contributed by atoms with van der Waals surface area (Å²) in [5, 5.41) is 33.8. The zero-order chi connectivity index (χ0) is 32.6. The lowest BCUT2D eigenvalue weighted by molar-refractivity contribution is -0.140. The Bertz CT molecular complexity index is 1640. The van der Waals surface area contributed by atoms with E-state index in [0.29, 0.717) is 61.6 Å². The summed E-state index contributed by atoms with van der Waals surface area (Å²) in [5.74, 6) is -0.0908. The van der Waals surface area contributed by atoms with Crippen molar-refractivity contribution in [3.8, 4) is 11.3 Å². The number of aromatic nitrogens is 5. The van der Waals surface area contributed by atoms with Gasteiger partial charge in [0.25, 0.3) is 12.4 Å². The molecule has 4 aromatic rings. The largest absolute Gasteiger partial charge is 0.483 e. The summed E-state index contributed by atoms with van der Waals surface area (Å²) in [4.78, 5) is 41.9. The Labute approximate surface area is 254 Å². The van der Waals surface area contributed by atoms with Crippen molar-refractivity contribution < 1.29 is 37.8 Å². The molecule has 2 amide bonds. The molecule has 1 aliphatic heterocycles. The van der Waals surface area contributed by atoms with Crippen LogP contribution >= 0.6 is 0 Å². The molecule has 240 valence electrons. The summed E-state index contributed by atoms with van der Waals surface area (Å²) in [6, 6.07) is 4.81. The number of aliphatic hydroxyl groups excluding tert-OH is 1. The first-order valence-electron chi connectivity index (χ1n) is 14.0. The van der Waals surface area contributed by atoms with Crippen molar-refractivity contribution in [2.24, 2.45) is 0 Å². The molecule has 1 saturated heterocycles. The van der Waals surface area contributed by atoms with Gasteiger partial charge >= 0.3 is 6.18 Å². The number of carbonyl (C=O) groups is 3. The van der Waals surface area contributed by atoms with Gasteiger partial charge in [-0.05, 0) is 43.0 Å². The highest BCUT2D eigenvalue weighted by atomic mass is 19.4. The second-order valence-electron chi connectivity index (χ2n) is 9.96. The minimum atomic E-state index is -4.63. The Morgan fingerprint density at radius 2 is 1.96 bits per heavy atom. The van der Waals surface area contributed by atoms with E-state index in [-0.39, 0.29) is 29.5 Å². The fourth-order valence-corrected chi connectivity index (χ4v) is 4.87. The normalized spacial score (nSPS) is 16.1. The third kappa shape index (κ3) is 7.93. The maximum absolute atomic E-state index is 13.4. The average Bonchev–Trinajstić information content (AvgIpc) is 3.77. The number of H-pyrrole nitrogens is 1. The van der Waals surface area contributed by atoms with E-state index in [1.165, 1.54) is 29.2 Å². The van der Waals surface area contributed by atoms with Crippen molar-refractivity contribution in [2.75, 3.05) is 25.0 Å². The van der Waals surface area contributed by atoms with Gasteiger partial charge in [-0.25, -0.2) is 9.97 Å². The third-order valence-corrected chi connectivity index (χ3v) is 6.97. The van der Waals surface area contributed by atoms with Crippen molar-refractivity contribution in [1.82, 2.24) is 40.5 Å². The second kappa shape index (κ2) is 14.6. The number of carboxylic acid groups (broad SMARTS) is 1. The summed E-state index contributed by atoms with van der Waals surface area (Å²) >= 11 is 0. The number of carbonyl (C=O) groups excluding carboxylic acids is 2. The highest BCUT2D eigenvalue weighted by Crippen LogP contribution is 2.36. The van der Waals surface area contributed by atoms with Gasteiger partial charge in [-0.15, -0.1) is 0 Å². The van der Waals surface area contributed by atoms with E-state index in [2.05, 4.69) is 41.4 Å². The molecule has 0 bridgehead atoms. The molecular formula is C28H32F3N9O5. The van der Waals surface area contributed by atoms with Crippen LogP contribution < -0.4 is 21.3 Å². The number of nitrogens with zero attached hydrogens (tertiary/aromatic N) is 4. The number of β-amino-alcohol motifs (C(OH)–C–C–N with tert-alkyl or cyclic N) is 1. The Morgan fingerprint density at radius 3 is 2.64 bits per heavy atom. The van der Waals surface area contributed by atoms with Gasteiger partial charge in [0.15, 0.2) is 17.2 Å². The van der Waals surface area contributed by atoms with Crippen LogP contribution in [0.1, 0.15) is 41.4 Å². The second-order valence-corrected chi connectivity index (χ2v) is 9.96. The van der Waals surface area contributed by atoms with Crippen LogP contribution in [0, 0.1) is 0 Å². The number of fused-ring (bicyclic) bond motifs is 1. The first-order chi connectivity index (χ1) is 21.6. The van der Waals surface area contributed by atoms with E-state index in [1.54, 1.807) is 12.1 Å². The number of amides is 2. The number of benzene rings is 1. The minimum Gasteiger partial charge on any atom is -0.483 e. The van der Waals surface area contributed by atoms with Gasteiger partial charge in [0.05, 0.1) is 29.6 Å². The molecular weight excluding hydrogens is 599 g/mol. The number of anilines is 2. The van der Waals surface area contributed by atoms with Gasteiger partial charge in [-0.2, -0.15) is 18.3 Å². The van der Waals surface area contributed by atoms with Crippen LogP contribution in [-0.4, -0.2) is 84.8 Å². The molecule has 0 saturated carbocycles. The molecule has 7 N–H and O–H groups in total. The maximum atomic E-state index is 13.4. The number of hydrogen-bond acceptors (Lipinski definition) is 9. The number of aromatic amines is 1. The average molecular weight is 632 g/mol. The van der Waals surface area contributed by atoms with E-state index in [9.17, 15) is 27.9 Å². The molecule has 1 fully saturated rings. The van der Waals surface area contributed by atoms with Gasteiger partial charge in [-0.1, -0.05) is 6.92 Å². The first-order valence-corrected chi connectivity index (χ1v) is 14.0. The fraction of sp³-hybridized carbons (Fsp3) is 0.357. The van der Waals surface area contributed by atoms with E-state index in [1.807, 2.05) is 13.0 Å². The highest BCUT2D eigenvalue weighted by Gasteiger charge is 2.37. The fourth-order valence-electron chi connectivity index (χ4n) is 4.87. The third-order valence-electron chi connectivity index (χ3n) is 6.97. The Hall–Kier alpha value is -5.03. The van der Waals surface area contributed by atoms with Crippen LogP contribution in [-0.2, 0) is 22.2 Å². The first kappa shape index (κ1) is 32.9. The number of aryl methyl sites for hydroxylation is 1. The van der Waals surface area contributed by atoms with Crippen LogP contribution in [0.5, 0.6) is 0 Å². The molecule has 2 atom stereocenters. The summed E-state index contributed by atoms with van der Waals surface area (Å²) in [6.07, 6.45) is 1.82. The molecule has 4 heterocycles. The van der Waals surface area contributed by atoms with Crippen LogP contribution in [0.15, 0.2) is 43.0 Å². The van der Waals surface area contributed by atoms with E-state index in [0.717, 1.165) is 5.56 Å². The van der Waals surface area contributed by atoms with Gasteiger partial charge in [0, 0.05) is 49.5 Å². The smallest absolute Gasteiger partial charge is 0.435 e. The number of imidazole rings is 1. The van der Waals surface area contributed by atoms with Crippen molar-refractivity contribution >= 4 is 35.4 Å². The summed E-state index contributed by atoms with van der Waals surface area (Å²) in [7, 11) is 0. The lowest BCUT2D eigenvalue weighted by atomic mass is 10.0. The molecule has 0 radical (unpaired) electrons. The lowest BCUT2D eigenvalue weighted by Crippen LogP contribution is -2.41.